The van der Waals surface area contributed by atoms with Crippen molar-refractivity contribution in [1.29, 1.82) is 0 Å². The van der Waals surface area contributed by atoms with Crippen LogP contribution in [0.25, 0.3) is 0 Å². The fourth-order valence-corrected chi connectivity index (χ4v) is 4.29. The third-order valence-electron chi connectivity index (χ3n) is 5.59. The Labute approximate surface area is 197 Å². The quantitative estimate of drug-likeness (QED) is 0.363. The second kappa shape index (κ2) is 12.5. The first kappa shape index (κ1) is 24.2. The minimum absolute atomic E-state index is 0.103. The smallest absolute Gasteiger partial charge is 0.138 e. The van der Waals surface area contributed by atoms with Gasteiger partial charge in [0.15, 0.2) is 0 Å². The van der Waals surface area contributed by atoms with E-state index in [1.165, 1.54) is 32.4 Å². The van der Waals surface area contributed by atoms with Crippen LogP contribution in [0.3, 0.4) is 0 Å². The van der Waals surface area contributed by atoms with Crippen LogP contribution in [0.2, 0.25) is 10.0 Å². The molecule has 2 aromatic carbocycles. The standard InChI is InChI=1S/C25H34Cl2N2O2/c1-28(2)17-13-24(31-25-12-9-21(26)19-23(25)27)20-7-10-22(11-8-20)30-18-6-16-29-14-4-3-5-15-29/h7-12,19,24H,3-6,13-18H2,1-2H3. The van der Waals surface area contributed by atoms with Crippen molar-refractivity contribution in [2.75, 3.05) is 46.9 Å². The highest BCUT2D eigenvalue weighted by Crippen LogP contribution is 2.33. The lowest BCUT2D eigenvalue weighted by Gasteiger charge is -2.26. The molecule has 0 saturated carbocycles. The molecule has 0 aromatic heterocycles. The van der Waals surface area contributed by atoms with E-state index in [-0.39, 0.29) is 6.10 Å². The van der Waals surface area contributed by atoms with Crippen molar-refractivity contribution in [1.82, 2.24) is 9.80 Å². The van der Waals surface area contributed by atoms with E-state index in [1.807, 2.05) is 18.2 Å². The first-order valence-electron chi connectivity index (χ1n) is 11.2. The second-order valence-electron chi connectivity index (χ2n) is 8.45. The molecule has 1 aliphatic rings. The van der Waals surface area contributed by atoms with Gasteiger partial charge in [-0.15, -0.1) is 0 Å². The van der Waals surface area contributed by atoms with Gasteiger partial charge in [0.05, 0.1) is 11.6 Å². The van der Waals surface area contributed by atoms with Crippen molar-refractivity contribution in [3.05, 3.63) is 58.1 Å². The fraction of sp³-hybridized carbons (Fsp3) is 0.520. The zero-order valence-corrected chi connectivity index (χ0v) is 20.2. The van der Waals surface area contributed by atoms with Crippen molar-refractivity contribution >= 4 is 23.2 Å². The summed E-state index contributed by atoms with van der Waals surface area (Å²) in [6.45, 7) is 5.25. The molecule has 3 rings (SSSR count). The van der Waals surface area contributed by atoms with E-state index < -0.39 is 0 Å². The summed E-state index contributed by atoms with van der Waals surface area (Å²) >= 11 is 12.4. The Morgan fingerprint density at radius 2 is 1.74 bits per heavy atom. The zero-order chi connectivity index (χ0) is 22.1. The SMILES string of the molecule is CN(C)CCC(Oc1ccc(Cl)cc1Cl)c1ccc(OCCCN2CCCCC2)cc1. The summed E-state index contributed by atoms with van der Waals surface area (Å²) in [5.41, 5.74) is 1.11. The third kappa shape index (κ3) is 8.19. The third-order valence-corrected chi connectivity index (χ3v) is 6.12. The van der Waals surface area contributed by atoms with Crippen LogP contribution in [-0.2, 0) is 0 Å². The van der Waals surface area contributed by atoms with Crippen LogP contribution in [0.15, 0.2) is 42.5 Å². The largest absolute Gasteiger partial charge is 0.494 e. The average molecular weight is 465 g/mol. The topological polar surface area (TPSA) is 24.9 Å². The molecule has 0 amide bonds. The Morgan fingerprint density at radius 1 is 1.00 bits per heavy atom. The maximum atomic E-state index is 6.33. The highest BCUT2D eigenvalue weighted by atomic mass is 35.5. The van der Waals surface area contributed by atoms with Gasteiger partial charge >= 0.3 is 0 Å². The zero-order valence-electron chi connectivity index (χ0n) is 18.7. The maximum absolute atomic E-state index is 6.33. The first-order chi connectivity index (χ1) is 15.0. The number of hydrogen-bond acceptors (Lipinski definition) is 4. The van der Waals surface area contributed by atoms with Gasteiger partial charge in [-0.05, 0) is 82.3 Å². The number of rotatable bonds is 11. The Balaban J connectivity index is 1.55. The highest BCUT2D eigenvalue weighted by molar-refractivity contribution is 6.35. The number of halogens is 2. The van der Waals surface area contributed by atoms with Gasteiger partial charge in [-0.3, -0.25) is 0 Å². The number of likely N-dealkylation sites (tertiary alicyclic amines) is 1. The number of benzene rings is 2. The normalized spacial score (nSPS) is 15.8. The van der Waals surface area contributed by atoms with E-state index in [4.69, 9.17) is 32.7 Å². The number of ether oxygens (including phenoxy) is 2. The van der Waals surface area contributed by atoms with E-state index in [0.29, 0.717) is 15.8 Å². The molecule has 1 unspecified atom stereocenters. The minimum Gasteiger partial charge on any atom is -0.494 e. The summed E-state index contributed by atoms with van der Waals surface area (Å²) in [5, 5.41) is 1.12. The van der Waals surface area contributed by atoms with E-state index >= 15 is 0 Å². The number of nitrogens with zero attached hydrogens (tertiary/aromatic N) is 2. The molecule has 0 aliphatic carbocycles. The molecule has 1 saturated heterocycles. The molecule has 0 N–H and O–H groups in total. The Morgan fingerprint density at radius 3 is 2.42 bits per heavy atom. The molecule has 6 heteroatoms. The summed E-state index contributed by atoms with van der Waals surface area (Å²) in [7, 11) is 4.13. The molecule has 1 aliphatic heterocycles. The Bertz CT molecular complexity index is 793. The van der Waals surface area contributed by atoms with Gasteiger partial charge in [0.2, 0.25) is 0 Å². The summed E-state index contributed by atoms with van der Waals surface area (Å²) in [6, 6.07) is 13.6. The summed E-state index contributed by atoms with van der Waals surface area (Å²) < 4.78 is 12.2. The number of hydrogen-bond donors (Lipinski definition) is 0. The molecule has 1 heterocycles. The predicted octanol–water partition coefficient (Wildman–Crippen LogP) is 6.32. The van der Waals surface area contributed by atoms with Crippen LogP contribution in [0.1, 0.15) is 43.8 Å². The molecule has 1 fully saturated rings. The molecule has 0 radical (unpaired) electrons. The monoisotopic (exact) mass is 464 g/mol. The fourth-order valence-electron chi connectivity index (χ4n) is 3.83. The van der Waals surface area contributed by atoms with Crippen molar-refractivity contribution in [3.8, 4) is 11.5 Å². The van der Waals surface area contributed by atoms with Gasteiger partial charge in [-0.25, -0.2) is 0 Å². The molecule has 0 spiro atoms. The predicted molar refractivity (Wildman–Crippen MR) is 130 cm³/mol. The molecule has 0 bridgehead atoms. The molecular weight excluding hydrogens is 431 g/mol. The molecule has 4 nitrogen and oxygen atoms in total. The van der Waals surface area contributed by atoms with Crippen LogP contribution in [0.4, 0.5) is 0 Å². The summed E-state index contributed by atoms with van der Waals surface area (Å²) in [6.07, 6.45) is 5.85. The lowest BCUT2D eigenvalue weighted by molar-refractivity contribution is 0.179. The lowest BCUT2D eigenvalue weighted by Crippen LogP contribution is -2.31. The van der Waals surface area contributed by atoms with Crippen LogP contribution < -0.4 is 9.47 Å². The molecule has 31 heavy (non-hydrogen) atoms. The van der Waals surface area contributed by atoms with Crippen LogP contribution in [-0.4, -0.2) is 56.7 Å². The first-order valence-corrected chi connectivity index (χ1v) is 12.0. The van der Waals surface area contributed by atoms with Crippen molar-refractivity contribution in [2.24, 2.45) is 0 Å². The lowest BCUT2D eigenvalue weighted by atomic mass is 10.1. The van der Waals surface area contributed by atoms with E-state index in [2.05, 4.69) is 36.0 Å². The van der Waals surface area contributed by atoms with Crippen molar-refractivity contribution in [3.63, 3.8) is 0 Å². The van der Waals surface area contributed by atoms with Gasteiger partial charge < -0.3 is 19.3 Å². The van der Waals surface area contributed by atoms with Gasteiger partial charge in [0.25, 0.3) is 0 Å². The van der Waals surface area contributed by atoms with Crippen LogP contribution >= 0.6 is 23.2 Å². The van der Waals surface area contributed by atoms with E-state index in [1.54, 1.807) is 12.1 Å². The Hall–Kier alpha value is -1.46. The maximum Gasteiger partial charge on any atom is 0.138 e. The van der Waals surface area contributed by atoms with Gasteiger partial charge in [-0.2, -0.15) is 0 Å². The summed E-state index contributed by atoms with van der Waals surface area (Å²) in [5.74, 6) is 1.55. The van der Waals surface area contributed by atoms with Crippen molar-refractivity contribution in [2.45, 2.75) is 38.2 Å². The van der Waals surface area contributed by atoms with Gasteiger partial charge in [0.1, 0.15) is 17.6 Å². The second-order valence-corrected chi connectivity index (χ2v) is 9.29. The molecule has 170 valence electrons. The van der Waals surface area contributed by atoms with E-state index in [9.17, 15) is 0 Å². The van der Waals surface area contributed by atoms with Crippen LogP contribution in [0.5, 0.6) is 11.5 Å². The Kier molecular flexibility index (Phi) is 9.79. The van der Waals surface area contributed by atoms with Gasteiger partial charge in [0, 0.05) is 24.5 Å². The van der Waals surface area contributed by atoms with Crippen LogP contribution in [0, 0.1) is 0 Å². The highest BCUT2D eigenvalue weighted by Gasteiger charge is 2.16. The molecule has 1 atom stereocenters. The van der Waals surface area contributed by atoms with E-state index in [0.717, 1.165) is 43.9 Å². The van der Waals surface area contributed by atoms with Gasteiger partial charge in [-0.1, -0.05) is 41.8 Å². The minimum atomic E-state index is -0.103. The summed E-state index contributed by atoms with van der Waals surface area (Å²) in [4.78, 5) is 4.70. The number of piperidine rings is 1. The molecular formula is C25H34Cl2N2O2. The molecule has 2 aromatic rings. The average Bonchev–Trinajstić information content (AvgIpc) is 2.77. The van der Waals surface area contributed by atoms with Crippen molar-refractivity contribution < 1.29 is 9.47 Å².